The predicted molar refractivity (Wildman–Crippen MR) is 189 cm³/mol. The van der Waals surface area contributed by atoms with Crippen LogP contribution in [0.15, 0.2) is 42.7 Å². The van der Waals surface area contributed by atoms with Crippen LogP contribution >= 0.6 is 0 Å². The number of carbonyl (C=O) groups is 1. The zero-order valence-corrected chi connectivity index (χ0v) is 29.2. The first-order chi connectivity index (χ1) is 25.1. The molecule has 3 saturated heterocycles. The van der Waals surface area contributed by atoms with Crippen molar-refractivity contribution in [3.63, 3.8) is 0 Å². The largest absolute Gasteiger partial charge is 0.508 e. The Bertz CT molecular complexity index is 2260. The smallest absolute Gasteiger partial charge is 0.319 e. The number of nitrogens with zero attached hydrogens (tertiary/aromatic N) is 7. The second kappa shape index (κ2) is 12.1. The number of rotatable bonds is 7. The molecule has 52 heavy (non-hydrogen) atoms. The summed E-state index contributed by atoms with van der Waals surface area (Å²) in [5, 5.41) is 16.4. The summed E-state index contributed by atoms with van der Waals surface area (Å²) in [5.74, 6) is -0.670. The van der Waals surface area contributed by atoms with Gasteiger partial charge in [-0.1, -0.05) is 13.0 Å². The molecule has 3 aromatic heterocycles. The summed E-state index contributed by atoms with van der Waals surface area (Å²) >= 11 is 0. The molecule has 4 aliphatic rings. The third-order valence-corrected chi connectivity index (χ3v) is 12.1. The zero-order chi connectivity index (χ0) is 35.9. The van der Waals surface area contributed by atoms with E-state index >= 15 is 8.78 Å². The van der Waals surface area contributed by atoms with Crippen molar-refractivity contribution in [1.29, 1.82) is 0 Å². The minimum absolute atomic E-state index is 0.00861. The van der Waals surface area contributed by atoms with E-state index in [0.29, 0.717) is 66.4 Å². The third kappa shape index (κ3) is 5.21. The molecule has 2 unspecified atom stereocenters. The average Bonchev–Trinajstić information content (AvgIpc) is 3.29. The van der Waals surface area contributed by atoms with Gasteiger partial charge >= 0.3 is 6.01 Å². The Hall–Kier alpha value is -4.78. The highest BCUT2D eigenvalue weighted by Crippen LogP contribution is 2.59. The summed E-state index contributed by atoms with van der Waals surface area (Å²) < 4.78 is 54.5. The molecular weight excluding hydrogens is 671 g/mol. The number of fused-ring (bicyclic) bond motifs is 4. The number of carbonyl (C=O) groups excluding carboxylic acids is 1. The van der Waals surface area contributed by atoms with Crippen LogP contribution in [-0.4, -0.2) is 85.1 Å². The maximum absolute atomic E-state index is 17.1. The van der Waals surface area contributed by atoms with Crippen LogP contribution in [-0.2, 0) is 6.42 Å². The summed E-state index contributed by atoms with van der Waals surface area (Å²) in [5.41, 5.74) is 0.309. The lowest BCUT2D eigenvalue weighted by Gasteiger charge is -2.31. The number of phenols is 1. The van der Waals surface area contributed by atoms with Crippen molar-refractivity contribution in [3.8, 4) is 23.0 Å². The maximum atomic E-state index is 17.1. The first-order valence-electron chi connectivity index (χ1n) is 18.2. The van der Waals surface area contributed by atoms with E-state index in [4.69, 9.17) is 9.72 Å². The van der Waals surface area contributed by atoms with Crippen molar-refractivity contribution in [2.75, 3.05) is 37.7 Å². The van der Waals surface area contributed by atoms with Crippen molar-refractivity contribution >= 4 is 33.4 Å². The first-order valence-corrected chi connectivity index (χ1v) is 18.2. The van der Waals surface area contributed by atoms with Gasteiger partial charge in [0.1, 0.15) is 41.4 Å². The number of aromatic hydroxyl groups is 1. The fraction of sp³-hybridized carbons (Fsp3) is 0.462. The minimum Gasteiger partial charge on any atom is -0.508 e. The normalized spacial score (nSPS) is 25.8. The monoisotopic (exact) mass is 711 g/mol. The van der Waals surface area contributed by atoms with Gasteiger partial charge in [-0.3, -0.25) is 14.7 Å². The van der Waals surface area contributed by atoms with E-state index in [0.717, 1.165) is 37.9 Å². The molecule has 1 saturated carbocycles. The van der Waals surface area contributed by atoms with Crippen molar-refractivity contribution in [1.82, 2.24) is 29.6 Å². The number of anilines is 1. The maximum Gasteiger partial charge on any atom is 0.319 e. The van der Waals surface area contributed by atoms with Crippen LogP contribution in [0.1, 0.15) is 61.5 Å². The molecule has 0 amide bonds. The predicted octanol–water partition coefficient (Wildman–Crippen LogP) is 6.80. The van der Waals surface area contributed by atoms with Gasteiger partial charge in [-0.05, 0) is 98.5 Å². The van der Waals surface area contributed by atoms with Crippen molar-refractivity contribution in [2.45, 2.75) is 70.5 Å². The molecule has 10 nitrogen and oxygen atoms in total. The minimum atomic E-state index is -0.942. The van der Waals surface area contributed by atoms with Gasteiger partial charge in [0.25, 0.3) is 5.91 Å². The molecule has 2 aromatic carbocycles. The molecule has 4 fully saturated rings. The van der Waals surface area contributed by atoms with Crippen LogP contribution in [0.5, 0.6) is 11.8 Å². The summed E-state index contributed by atoms with van der Waals surface area (Å²) in [4.78, 5) is 31.9. The standard InChI is InChI=1S/C39H40F3N7O3/c1-3-27-30(41)6-5-23-15-26(50)16-28(31(23)27)33-32(42)34-29(19-43-33)35(45-37(44-34)52-21-38-9-4-11-48(38)20-25(40)18-38)47-12-8-24-17-39(24,10-14-47)36(51)49-13-7-22(2)46-49/h5-7,13,15-16,19,24-25,50H,3-4,8-12,14,17-18,20-21H2,1-2H3/t24?,25-,38+,39?/m1/s1. The molecule has 5 aromatic rings. The van der Waals surface area contributed by atoms with Crippen LogP contribution in [0, 0.1) is 29.9 Å². The molecule has 3 aliphatic heterocycles. The van der Waals surface area contributed by atoms with Crippen LogP contribution < -0.4 is 9.64 Å². The van der Waals surface area contributed by atoms with Gasteiger partial charge in [0.15, 0.2) is 5.82 Å². The Morgan fingerprint density at radius 2 is 1.96 bits per heavy atom. The number of aromatic nitrogens is 5. The summed E-state index contributed by atoms with van der Waals surface area (Å²) in [7, 11) is 0. The Morgan fingerprint density at radius 1 is 1.10 bits per heavy atom. The SMILES string of the molecule is CCc1c(F)ccc2cc(O)cc(-c3ncc4c(N5CCC6CC6(C(=O)n6ccc(C)n6)CC5)nc(OC[C@@]56CCCN5C[C@H](F)C6)nc4c3F)c12. The summed E-state index contributed by atoms with van der Waals surface area (Å²) in [6.07, 6.45) is 6.83. The van der Waals surface area contributed by atoms with Crippen LogP contribution in [0.2, 0.25) is 0 Å². The molecule has 1 N–H and O–H groups in total. The highest BCUT2D eigenvalue weighted by atomic mass is 19.1. The number of benzene rings is 2. The highest BCUT2D eigenvalue weighted by molar-refractivity contribution is 6.01. The average molecular weight is 712 g/mol. The molecule has 1 aliphatic carbocycles. The number of hydrogen-bond acceptors (Lipinski definition) is 9. The number of pyridine rings is 1. The fourth-order valence-electron chi connectivity index (χ4n) is 9.36. The lowest BCUT2D eigenvalue weighted by molar-refractivity contribution is 0.0775. The molecule has 0 bridgehead atoms. The van der Waals surface area contributed by atoms with E-state index < -0.39 is 28.8 Å². The van der Waals surface area contributed by atoms with Gasteiger partial charge in [0.05, 0.1) is 22.0 Å². The van der Waals surface area contributed by atoms with Gasteiger partial charge in [0, 0.05) is 44.0 Å². The Balaban J connectivity index is 1.14. The number of aryl methyl sites for hydroxylation is 2. The van der Waals surface area contributed by atoms with Gasteiger partial charge in [-0.25, -0.2) is 17.9 Å². The molecule has 4 atom stereocenters. The fourth-order valence-corrected chi connectivity index (χ4v) is 9.36. The summed E-state index contributed by atoms with van der Waals surface area (Å²) in [6.45, 7) is 6.05. The lowest BCUT2D eigenvalue weighted by atomic mass is 9.94. The summed E-state index contributed by atoms with van der Waals surface area (Å²) in [6, 6.07) is 7.62. The molecule has 0 radical (unpaired) electrons. The lowest BCUT2D eigenvalue weighted by Crippen LogP contribution is -2.43. The molecule has 270 valence electrons. The number of phenolic OH excluding ortho intramolecular Hbond substituents is 1. The number of halogens is 3. The Kier molecular flexibility index (Phi) is 7.73. The molecule has 9 rings (SSSR count). The number of ether oxygens (including phenoxy) is 1. The molecule has 13 heteroatoms. The number of hydrogen-bond donors (Lipinski definition) is 1. The zero-order valence-electron chi connectivity index (χ0n) is 29.2. The van der Waals surface area contributed by atoms with Crippen molar-refractivity contribution < 1.29 is 27.8 Å². The van der Waals surface area contributed by atoms with E-state index in [9.17, 15) is 14.3 Å². The van der Waals surface area contributed by atoms with Crippen LogP contribution in [0.25, 0.3) is 32.9 Å². The Labute approximate surface area is 298 Å². The second-order valence-electron chi connectivity index (χ2n) is 15.1. The van der Waals surface area contributed by atoms with E-state index in [-0.39, 0.29) is 47.0 Å². The number of alkyl halides is 1. The van der Waals surface area contributed by atoms with Gasteiger partial charge < -0.3 is 14.7 Å². The Morgan fingerprint density at radius 3 is 2.77 bits per heavy atom. The van der Waals surface area contributed by atoms with E-state index in [1.54, 1.807) is 12.3 Å². The first kappa shape index (κ1) is 33.1. The van der Waals surface area contributed by atoms with E-state index in [1.807, 2.05) is 19.9 Å². The van der Waals surface area contributed by atoms with Crippen LogP contribution in [0.4, 0.5) is 19.0 Å². The van der Waals surface area contributed by atoms with Crippen LogP contribution in [0.3, 0.4) is 0 Å². The quantitative estimate of drug-likeness (QED) is 0.195. The van der Waals surface area contributed by atoms with Gasteiger partial charge in [-0.15, -0.1) is 0 Å². The van der Waals surface area contributed by atoms with E-state index in [2.05, 4.69) is 24.9 Å². The molecular formula is C39H40F3N7O3. The van der Waals surface area contributed by atoms with Gasteiger partial charge in [0.2, 0.25) is 0 Å². The van der Waals surface area contributed by atoms with Gasteiger partial charge in [-0.2, -0.15) is 15.1 Å². The third-order valence-electron chi connectivity index (χ3n) is 12.1. The second-order valence-corrected chi connectivity index (χ2v) is 15.1. The molecule has 6 heterocycles. The van der Waals surface area contributed by atoms with E-state index in [1.165, 1.54) is 29.1 Å². The molecule has 0 spiro atoms. The topological polar surface area (TPSA) is 110 Å². The van der Waals surface area contributed by atoms with Crippen molar-refractivity contribution in [3.05, 3.63) is 65.6 Å². The van der Waals surface area contributed by atoms with Crippen molar-refractivity contribution in [2.24, 2.45) is 11.3 Å². The highest BCUT2D eigenvalue weighted by Gasteiger charge is 2.60.